The van der Waals surface area contributed by atoms with E-state index < -0.39 is 0 Å². The average molecular weight is 438 g/mol. The normalized spacial score (nSPS) is 18.6. The van der Waals surface area contributed by atoms with Gasteiger partial charge in [-0.2, -0.15) is 5.26 Å². The Balaban J connectivity index is 1.61. The van der Waals surface area contributed by atoms with Crippen LogP contribution < -0.4 is 10.2 Å². The number of carbonyl (C=O) groups excluding carboxylic acids is 1. The summed E-state index contributed by atoms with van der Waals surface area (Å²) < 4.78 is 0. The Morgan fingerprint density at radius 1 is 1.06 bits per heavy atom. The van der Waals surface area contributed by atoms with Crippen LogP contribution in [0.5, 0.6) is 0 Å². The van der Waals surface area contributed by atoms with E-state index in [2.05, 4.69) is 44.0 Å². The van der Waals surface area contributed by atoms with E-state index in [1.54, 1.807) is 6.07 Å². The zero-order chi connectivity index (χ0) is 22.5. The lowest BCUT2D eigenvalue weighted by Gasteiger charge is -2.41. The second-order valence-corrected chi connectivity index (χ2v) is 9.44. The van der Waals surface area contributed by atoms with E-state index in [0.29, 0.717) is 28.6 Å². The molecule has 0 radical (unpaired) electrons. The Kier molecular flexibility index (Phi) is 7.62. The van der Waals surface area contributed by atoms with Crippen LogP contribution in [0.1, 0.15) is 80.8 Å². The molecule has 164 valence electrons. The maximum Gasteiger partial charge on any atom is 0.251 e. The van der Waals surface area contributed by atoms with Crippen LogP contribution in [0, 0.1) is 11.3 Å². The van der Waals surface area contributed by atoms with E-state index in [-0.39, 0.29) is 11.9 Å². The summed E-state index contributed by atoms with van der Waals surface area (Å²) in [4.78, 5) is 15.1. The van der Waals surface area contributed by atoms with Gasteiger partial charge in [-0.05, 0) is 81.3 Å². The molecule has 0 aromatic heterocycles. The number of hydrogen-bond donors (Lipinski definition) is 1. The highest BCUT2D eigenvalue weighted by Gasteiger charge is 2.29. The van der Waals surface area contributed by atoms with E-state index in [0.717, 1.165) is 36.9 Å². The van der Waals surface area contributed by atoms with Gasteiger partial charge in [-0.3, -0.25) is 4.79 Å². The molecule has 31 heavy (non-hydrogen) atoms. The molecule has 0 saturated heterocycles. The highest BCUT2D eigenvalue weighted by Crippen LogP contribution is 2.32. The van der Waals surface area contributed by atoms with Crippen molar-refractivity contribution in [1.29, 1.82) is 5.26 Å². The fraction of sp³-hybridized carbons (Fsp3) is 0.462. The zero-order valence-corrected chi connectivity index (χ0v) is 19.6. The third kappa shape index (κ3) is 5.60. The molecule has 1 fully saturated rings. The molecule has 0 aliphatic heterocycles. The molecule has 3 rings (SSSR count). The lowest BCUT2D eigenvalue weighted by molar-refractivity contribution is 0.0925. The first kappa shape index (κ1) is 23.2. The third-order valence-electron chi connectivity index (χ3n) is 6.19. The van der Waals surface area contributed by atoms with Crippen molar-refractivity contribution in [2.75, 3.05) is 4.90 Å². The molecule has 5 heteroatoms. The first-order valence-corrected chi connectivity index (χ1v) is 11.6. The Morgan fingerprint density at radius 3 is 2.23 bits per heavy atom. The van der Waals surface area contributed by atoms with Crippen molar-refractivity contribution < 1.29 is 4.79 Å². The van der Waals surface area contributed by atoms with Crippen molar-refractivity contribution in [2.24, 2.45) is 0 Å². The van der Waals surface area contributed by atoms with E-state index >= 15 is 0 Å². The predicted molar refractivity (Wildman–Crippen MR) is 128 cm³/mol. The van der Waals surface area contributed by atoms with Crippen LogP contribution in [0.25, 0.3) is 0 Å². The number of amides is 1. The van der Waals surface area contributed by atoms with Gasteiger partial charge in [0, 0.05) is 29.4 Å². The number of nitrogens with one attached hydrogen (secondary N) is 1. The fourth-order valence-electron chi connectivity index (χ4n) is 4.47. The molecule has 0 unspecified atom stereocenters. The van der Waals surface area contributed by atoms with Gasteiger partial charge in [-0.1, -0.05) is 37.6 Å². The van der Waals surface area contributed by atoms with Gasteiger partial charge in [-0.25, -0.2) is 0 Å². The van der Waals surface area contributed by atoms with Crippen molar-refractivity contribution in [2.45, 2.75) is 77.4 Å². The molecule has 0 spiro atoms. The number of rotatable bonds is 6. The first-order valence-electron chi connectivity index (χ1n) is 11.2. The van der Waals surface area contributed by atoms with Crippen molar-refractivity contribution in [3.63, 3.8) is 0 Å². The Bertz CT molecular complexity index is 938. The number of benzene rings is 2. The number of halogens is 1. The molecule has 1 N–H and O–H groups in total. The third-order valence-corrected chi connectivity index (χ3v) is 6.51. The van der Waals surface area contributed by atoms with E-state index in [1.807, 2.05) is 36.4 Å². The predicted octanol–water partition coefficient (Wildman–Crippen LogP) is 6.29. The minimum atomic E-state index is 0.0124. The zero-order valence-electron chi connectivity index (χ0n) is 18.9. The van der Waals surface area contributed by atoms with Crippen LogP contribution in [-0.2, 0) is 0 Å². The summed E-state index contributed by atoms with van der Waals surface area (Å²) in [7, 11) is 0. The summed E-state index contributed by atoms with van der Waals surface area (Å²) in [5, 5.41) is 12.9. The van der Waals surface area contributed by atoms with Crippen molar-refractivity contribution in [1.82, 2.24) is 5.32 Å². The quantitative estimate of drug-likeness (QED) is 0.577. The summed E-state index contributed by atoms with van der Waals surface area (Å²) in [6, 6.07) is 16.6. The molecule has 1 amide bonds. The molecular formula is C26H32ClN3O. The topological polar surface area (TPSA) is 56.1 Å². The summed E-state index contributed by atoms with van der Waals surface area (Å²) in [5.74, 6) is 0.473. The van der Waals surface area contributed by atoms with Gasteiger partial charge >= 0.3 is 0 Å². The Morgan fingerprint density at radius 2 is 1.71 bits per heavy atom. The van der Waals surface area contributed by atoms with Gasteiger partial charge in [0.05, 0.1) is 10.6 Å². The maximum absolute atomic E-state index is 12.7. The lowest BCUT2D eigenvalue weighted by atomic mass is 9.89. The standard InChI is InChI=1S/C26H32ClN3O/c1-17(2)19-5-7-20(8-6-19)26(31)29-22-10-13-23(14-11-22)30(18(3)4)24-12-9-21(16-28)25(27)15-24/h5-9,12,15,17-18,22-23H,10-11,13-14H2,1-4H3,(H,29,31)/t22-,23-. The molecule has 0 heterocycles. The number of hydrogen-bond acceptors (Lipinski definition) is 3. The molecule has 2 aromatic rings. The molecule has 1 aliphatic rings. The molecular weight excluding hydrogens is 406 g/mol. The van der Waals surface area contributed by atoms with Crippen LogP contribution in [0.4, 0.5) is 5.69 Å². The van der Waals surface area contributed by atoms with Gasteiger partial charge < -0.3 is 10.2 Å². The minimum absolute atomic E-state index is 0.0124. The summed E-state index contributed by atoms with van der Waals surface area (Å²) in [5.41, 5.74) is 3.52. The van der Waals surface area contributed by atoms with E-state index in [1.165, 1.54) is 5.56 Å². The second-order valence-electron chi connectivity index (χ2n) is 9.03. The monoisotopic (exact) mass is 437 g/mol. The minimum Gasteiger partial charge on any atom is -0.366 e. The highest BCUT2D eigenvalue weighted by atomic mass is 35.5. The summed E-state index contributed by atoms with van der Waals surface area (Å²) in [6.07, 6.45) is 3.92. The Hall–Kier alpha value is -2.51. The van der Waals surface area contributed by atoms with Gasteiger partial charge in [0.2, 0.25) is 0 Å². The van der Waals surface area contributed by atoms with Gasteiger partial charge in [-0.15, -0.1) is 0 Å². The molecule has 4 nitrogen and oxygen atoms in total. The number of carbonyl (C=O) groups is 1. The summed E-state index contributed by atoms with van der Waals surface area (Å²) >= 11 is 6.29. The summed E-state index contributed by atoms with van der Waals surface area (Å²) in [6.45, 7) is 8.67. The van der Waals surface area contributed by atoms with Gasteiger partial charge in [0.25, 0.3) is 5.91 Å². The van der Waals surface area contributed by atoms with Crippen LogP contribution in [0.2, 0.25) is 5.02 Å². The van der Waals surface area contributed by atoms with Crippen molar-refractivity contribution >= 4 is 23.2 Å². The lowest BCUT2D eigenvalue weighted by Crippen LogP contribution is -2.46. The maximum atomic E-state index is 12.7. The molecule has 1 saturated carbocycles. The van der Waals surface area contributed by atoms with E-state index in [9.17, 15) is 4.79 Å². The number of nitrogens with zero attached hydrogens (tertiary/aromatic N) is 2. The van der Waals surface area contributed by atoms with Crippen LogP contribution in [-0.4, -0.2) is 24.0 Å². The average Bonchev–Trinajstić information content (AvgIpc) is 2.75. The Labute approximate surface area is 191 Å². The van der Waals surface area contributed by atoms with Crippen LogP contribution in [0.15, 0.2) is 42.5 Å². The highest BCUT2D eigenvalue weighted by molar-refractivity contribution is 6.32. The fourth-order valence-corrected chi connectivity index (χ4v) is 4.69. The van der Waals surface area contributed by atoms with E-state index in [4.69, 9.17) is 16.9 Å². The number of nitriles is 1. The van der Waals surface area contributed by atoms with Crippen molar-refractivity contribution in [3.05, 3.63) is 64.2 Å². The van der Waals surface area contributed by atoms with Gasteiger partial charge in [0.15, 0.2) is 0 Å². The number of anilines is 1. The first-order chi connectivity index (χ1) is 14.8. The molecule has 0 atom stereocenters. The second kappa shape index (κ2) is 10.2. The molecule has 1 aliphatic carbocycles. The van der Waals surface area contributed by atoms with Crippen molar-refractivity contribution in [3.8, 4) is 6.07 Å². The van der Waals surface area contributed by atoms with Crippen LogP contribution in [0.3, 0.4) is 0 Å². The molecule has 2 aromatic carbocycles. The smallest absolute Gasteiger partial charge is 0.251 e. The molecule has 0 bridgehead atoms. The van der Waals surface area contributed by atoms with Gasteiger partial charge in [0.1, 0.15) is 6.07 Å². The SMILES string of the molecule is CC(C)c1ccc(C(=O)N[C@H]2CC[C@H](N(c3ccc(C#N)c(Cl)c3)C(C)C)CC2)cc1. The largest absolute Gasteiger partial charge is 0.366 e. The van der Waals surface area contributed by atoms with Crippen LogP contribution >= 0.6 is 11.6 Å².